The van der Waals surface area contributed by atoms with Crippen molar-refractivity contribution in [2.45, 2.75) is 39.2 Å². The Kier molecular flexibility index (Phi) is 6.32. The molecular formula is C11H25N3O. The Balaban J connectivity index is 3.40. The standard InChI is InChI=1S/C11H25N3O/c1-11(2,3)13-10(15)12-8-6-7-9-14(4)5/h6-9H2,1-5H3,(H2,12,13,15). The summed E-state index contributed by atoms with van der Waals surface area (Å²) in [5.41, 5.74) is -0.159. The molecule has 2 amide bonds. The van der Waals surface area contributed by atoms with Gasteiger partial charge in [0.2, 0.25) is 0 Å². The highest BCUT2D eigenvalue weighted by Crippen LogP contribution is 1.97. The van der Waals surface area contributed by atoms with Crippen molar-refractivity contribution in [1.29, 1.82) is 0 Å². The number of hydrogen-bond acceptors (Lipinski definition) is 2. The number of unbranched alkanes of at least 4 members (excludes halogenated alkanes) is 1. The van der Waals surface area contributed by atoms with E-state index in [-0.39, 0.29) is 11.6 Å². The van der Waals surface area contributed by atoms with Gasteiger partial charge in [0, 0.05) is 12.1 Å². The number of rotatable bonds is 5. The van der Waals surface area contributed by atoms with Gasteiger partial charge in [-0.3, -0.25) is 0 Å². The Morgan fingerprint density at radius 2 is 1.80 bits per heavy atom. The number of amides is 2. The summed E-state index contributed by atoms with van der Waals surface area (Å²) in [4.78, 5) is 13.5. The quantitative estimate of drug-likeness (QED) is 0.681. The summed E-state index contributed by atoms with van der Waals surface area (Å²) in [5, 5.41) is 5.70. The zero-order chi connectivity index (χ0) is 11.9. The van der Waals surface area contributed by atoms with Crippen molar-refractivity contribution in [3.05, 3.63) is 0 Å². The monoisotopic (exact) mass is 215 g/mol. The van der Waals surface area contributed by atoms with E-state index in [0.717, 1.165) is 25.9 Å². The zero-order valence-electron chi connectivity index (χ0n) is 10.7. The van der Waals surface area contributed by atoms with Crippen molar-refractivity contribution < 1.29 is 4.79 Å². The van der Waals surface area contributed by atoms with Gasteiger partial charge in [-0.05, 0) is 54.3 Å². The zero-order valence-corrected chi connectivity index (χ0v) is 10.7. The van der Waals surface area contributed by atoms with Crippen molar-refractivity contribution in [1.82, 2.24) is 15.5 Å². The molecule has 0 aliphatic heterocycles. The van der Waals surface area contributed by atoms with E-state index in [1.807, 2.05) is 20.8 Å². The van der Waals surface area contributed by atoms with Crippen LogP contribution < -0.4 is 10.6 Å². The first-order chi connectivity index (χ1) is 6.81. The maximum absolute atomic E-state index is 11.3. The van der Waals surface area contributed by atoms with Gasteiger partial charge < -0.3 is 15.5 Å². The van der Waals surface area contributed by atoms with Crippen LogP contribution in [-0.2, 0) is 0 Å². The first-order valence-corrected chi connectivity index (χ1v) is 5.52. The second-order valence-electron chi connectivity index (χ2n) is 5.14. The van der Waals surface area contributed by atoms with Crippen LogP contribution in [-0.4, -0.2) is 43.7 Å². The van der Waals surface area contributed by atoms with Crippen molar-refractivity contribution in [3.8, 4) is 0 Å². The minimum absolute atomic E-state index is 0.0765. The van der Waals surface area contributed by atoms with Crippen LogP contribution in [0.25, 0.3) is 0 Å². The van der Waals surface area contributed by atoms with E-state index >= 15 is 0 Å². The lowest BCUT2D eigenvalue weighted by Gasteiger charge is -2.20. The lowest BCUT2D eigenvalue weighted by molar-refractivity contribution is 0.231. The highest BCUT2D eigenvalue weighted by atomic mass is 16.2. The molecule has 0 aromatic carbocycles. The van der Waals surface area contributed by atoms with E-state index in [4.69, 9.17) is 0 Å². The largest absolute Gasteiger partial charge is 0.338 e. The number of carbonyl (C=O) groups excluding carboxylic acids is 1. The Labute approximate surface area is 93.4 Å². The molecule has 15 heavy (non-hydrogen) atoms. The van der Waals surface area contributed by atoms with Crippen molar-refractivity contribution in [2.75, 3.05) is 27.2 Å². The van der Waals surface area contributed by atoms with Gasteiger partial charge in [0.25, 0.3) is 0 Å². The van der Waals surface area contributed by atoms with Gasteiger partial charge in [0.1, 0.15) is 0 Å². The summed E-state index contributed by atoms with van der Waals surface area (Å²) < 4.78 is 0. The van der Waals surface area contributed by atoms with Crippen molar-refractivity contribution >= 4 is 6.03 Å². The molecule has 0 aliphatic carbocycles. The minimum atomic E-state index is -0.159. The fourth-order valence-corrected chi connectivity index (χ4v) is 1.14. The Morgan fingerprint density at radius 3 is 2.27 bits per heavy atom. The molecule has 90 valence electrons. The SMILES string of the molecule is CN(C)CCCCNC(=O)NC(C)(C)C. The van der Waals surface area contributed by atoms with E-state index in [1.54, 1.807) is 0 Å². The van der Waals surface area contributed by atoms with Crippen LogP contribution in [0.3, 0.4) is 0 Å². The average Bonchev–Trinajstić information content (AvgIpc) is 1.99. The number of carbonyl (C=O) groups is 1. The van der Waals surface area contributed by atoms with E-state index in [2.05, 4.69) is 29.6 Å². The Bertz CT molecular complexity index is 185. The molecule has 0 heterocycles. The minimum Gasteiger partial charge on any atom is -0.338 e. The predicted molar refractivity (Wildman–Crippen MR) is 64.1 cm³/mol. The molecule has 0 bridgehead atoms. The maximum Gasteiger partial charge on any atom is 0.315 e. The maximum atomic E-state index is 11.3. The molecule has 0 aromatic heterocycles. The number of hydrogen-bond donors (Lipinski definition) is 2. The third-order valence-corrected chi connectivity index (χ3v) is 1.81. The number of urea groups is 1. The lowest BCUT2D eigenvalue weighted by Crippen LogP contribution is -2.46. The molecule has 0 saturated heterocycles. The molecule has 0 radical (unpaired) electrons. The smallest absolute Gasteiger partial charge is 0.315 e. The summed E-state index contributed by atoms with van der Waals surface area (Å²) in [5.74, 6) is 0. The molecule has 0 aromatic rings. The molecule has 2 N–H and O–H groups in total. The molecule has 0 spiro atoms. The van der Waals surface area contributed by atoms with Crippen LogP contribution in [0.4, 0.5) is 4.79 Å². The molecule has 0 aliphatic rings. The first kappa shape index (κ1) is 14.2. The van der Waals surface area contributed by atoms with Gasteiger partial charge in [-0.1, -0.05) is 0 Å². The van der Waals surface area contributed by atoms with Crippen LogP contribution >= 0.6 is 0 Å². The molecular weight excluding hydrogens is 190 g/mol. The highest BCUT2D eigenvalue weighted by molar-refractivity contribution is 5.74. The summed E-state index contributed by atoms with van der Waals surface area (Å²) in [6.07, 6.45) is 2.14. The van der Waals surface area contributed by atoms with Gasteiger partial charge in [-0.15, -0.1) is 0 Å². The molecule has 0 rings (SSSR count). The lowest BCUT2D eigenvalue weighted by atomic mass is 10.1. The summed E-state index contributed by atoms with van der Waals surface area (Å²) in [6, 6.07) is -0.0765. The summed E-state index contributed by atoms with van der Waals surface area (Å²) in [7, 11) is 4.11. The van der Waals surface area contributed by atoms with Gasteiger partial charge >= 0.3 is 6.03 Å². The van der Waals surface area contributed by atoms with Crippen molar-refractivity contribution in [3.63, 3.8) is 0 Å². The molecule has 4 nitrogen and oxygen atoms in total. The third kappa shape index (κ3) is 11.2. The van der Waals surface area contributed by atoms with Crippen LogP contribution in [0.5, 0.6) is 0 Å². The molecule has 0 unspecified atom stereocenters. The predicted octanol–water partition coefficient (Wildman–Crippen LogP) is 1.43. The van der Waals surface area contributed by atoms with E-state index in [9.17, 15) is 4.79 Å². The van der Waals surface area contributed by atoms with E-state index in [1.165, 1.54) is 0 Å². The van der Waals surface area contributed by atoms with Gasteiger partial charge in [0.05, 0.1) is 0 Å². The average molecular weight is 215 g/mol. The summed E-state index contributed by atoms with van der Waals surface area (Å²) >= 11 is 0. The molecule has 4 heteroatoms. The van der Waals surface area contributed by atoms with Crippen LogP contribution in [0.1, 0.15) is 33.6 Å². The van der Waals surface area contributed by atoms with Gasteiger partial charge in [-0.2, -0.15) is 0 Å². The van der Waals surface area contributed by atoms with Crippen molar-refractivity contribution in [2.24, 2.45) is 0 Å². The van der Waals surface area contributed by atoms with Gasteiger partial charge in [0.15, 0.2) is 0 Å². The highest BCUT2D eigenvalue weighted by Gasteiger charge is 2.12. The second kappa shape index (κ2) is 6.67. The van der Waals surface area contributed by atoms with Gasteiger partial charge in [-0.25, -0.2) is 4.79 Å². The van der Waals surface area contributed by atoms with Crippen LogP contribution in [0.15, 0.2) is 0 Å². The topological polar surface area (TPSA) is 44.4 Å². The second-order valence-corrected chi connectivity index (χ2v) is 5.14. The summed E-state index contributed by atoms with van der Waals surface area (Å²) in [6.45, 7) is 7.73. The third-order valence-electron chi connectivity index (χ3n) is 1.81. The van der Waals surface area contributed by atoms with Crippen LogP contribution in [0.2, 0.25) is 0 Å². The Morgan fingerprint density at radius 1 is 1.20 bits per heavy atom. The fraction of sp³-hybridized carbons (Fsp3) is 0.909. The molecule has 0 saturated carbocycles. The normalized spacial score (nSPS) is 11.6. The number of nitrogens with zero attached hydrogens (tertiary/aromatic N) is 1. The number of nitrogens with one attached hydrogen (secondary N) is 2. The molecule has 0 fully saturated rings. The first-order valence-electron chi connectivity index (χ1n) is 5.52. The van der Waals surface area contributed by atoms with E-state index < -0.39 is 0 Å². The van der Waals surface area contributed by atoms with E-state index in [0.29, 0.717) is 0 Å². The van der Waals surface area contributed by atoms with Crippen LogP contribution in [0, 0.1) is 0 Å². The fourth-order valence-electron chi connectivity index (χ4n) is 1.14. The molecule has 0 atom stereocenters. The Hall–Kier alpha value is -0.770.